The van der Waals surface area contributed by atoms with Crippen LogP contribution in [-0.2, 0) is 11.2 Å². The minimum absolute atomic E-state index is 0.0213. The molecule has 100 valence electrons. The van der Waals surface area contributed by atoms with Gasteiger partial charge in [-0.3, -0.25) is 4.79 Å². The molecule has 1 aromatic carbocycles. The van der Waals surface area contributed by atoms with Gasteiger partial charge < -0.3 is 0 Å². The van der Waals surface area contributed by atoms with Crippen molar-refractivity contribution in [3.8, 4) is 0 Å². The molecular formula is C18H22O. The van der Waals surface area contributed by atoms with Crippen LogP contribution in [-0.4, -0.2) is 5.78 Å². The fraction of sp³-hybridized carbons (Fsp3) is 0.611. The zero-order valence-corrected chi connectivity index (χ0v) is 11.7. The average molecular weight is 254 g/mol. The number of Topliss-reactive ketones (excluding diaryl/α,β-unsaturated/α-hetero) is 1. The molecule has 0 heterocycles. The van der Waals surface area contributed by atoms with Crippen molar-refractivity contribution < 1.29 is 4.79 Å². The topological polar surface area (TPSA) is 17.1 Å². The summed E-state index contributed by atoms with van der Waals surface area (Å²) in [6.45, 7) is 2.25. The minimum Gasteiger partial charge on any atom is -0.299 e. The van der Waals surface area contributed by atoms with Gasteiger partial charge in [-0.15, -0.1) is 0 Å². The number of carbonyl (C=O) groups is 1. The molecule has 0 saturated heterocycles. The Morgan fingerprint density at radius 3 is 2.84 bits per heavy atom. The van der Waals surface area contributed by atoms with Crippen LogP contribution >= 0.6 is 0 Å². The molecule has 0 aliphatic heterocycles. The SMILES string of the molecule is C[C@@]12CC[C@@H]3c4ccccc4CC[C@@H]3[C@@H]1CCC2=O. The normalized spacial score (nSPS) is 40.5. The van der Waals surface area contributed by atoms with Crippen molar-refractivity contribution in [3.05, 3.63) is 35.4 Å². The van der Waals surface area contributed by atoms with Crippen LogP contribution in [0.3, 0.4) is 0 Å². The summed E-state index contributed by atoms with van der Waals surface area (Å²) in [5.41, 5.74) is 3.19. The predicted molar refractivity (Wildman–Crippen MR) is 76.1 cm³/mol. The lowest BCUT2D eigenvalue weighted by atomic mass is 9.55. The van der Waals surface area contributed by atoms with E-state index in [-0.39, 0.29) is 5.41 Å². The Morgan fingerprint density at radius 1 is 1.11 bits per heavy atom. The number of ketones is 1. The lowest BCUT2D eigenvalue weighted by Crippen LogP contribution is -2.42. The van der Waals surface area contributed by atoms with E-state index >= 15 is 0 Å². The largest absolute Gasteiger partial charge is 0.299 e. The smallest absolute Gasteiger partial charge is 0.139 e. The summed E-state index contributed by atoms with van der Waals surface area (Å²) in [6.07, 6.45) is 6.85. The molecule has 3 aliphatic carbocycles. The van der Waals surface area contributed by atoms with Crippen LogP contribution in [0.25, 0.3) is 0 Å². The fourth-order valence-corrected chi connectivity index (χ4v) is 5.29. The summed E-state index contributed by atoms with van der Waals surface area (Å²) in [6, 6.07) is 9.00. The number of fused-ring (bicyclic) bond motifs is 5. The van der Waals surface area contributed by atoms with Crippen molar-refractivity contribution in [1.82, 2.24) is 0 Å². The first-order chi connectivity index (χ1) is 9.20. The molecule has 0 bridgehead atoms. The molecule has 0 amide bonds. The highest BCUT2D eigenvalue weighted by Gasteiger charge is 2.54. The van der Waals surface area contributed by atoms with Crippen LogP contribution in [0.1, 0.15) is 56.1 Å². The Balaban J connectivity index is 1.74. The molecule has 1 nitrogen and oxygen atoms in total. The van der Waals surface area contributed by atoms with Gasteiger partial charge in [0.2, 0.25) is 0 Å². The molecule has 1 heteroatoms. The summed E-state index contributed by atoms with van der Waals surface area (Å²) in [5.74, 6) is 2.70. The van der Waals surface area contributed by atoms with E-state index in [9.17, 15) is 4.79 Å². The molecule has 2 saturated carbocycles. The predicted octanol–water partition coefficient (Wildman–Crippen LogP) is 4.11. The molecule has 4 atom stereocenters. The Morgan fingerprint density at radius 2 is 1.95 bits per heavy atom. The monoisotopic (exact) mass is 254 g/mol. The highest BCUT2D eigenvalue weighted by molar-refractivity contribution is 5.87. The molecule has 0 aromatic heterocycles. The number of rotatable bonds is 0. The van der Waals surface area contributed by atoms with Crippen LogP contribution in [0.15, 0.2) is 24.3 Å². The number of hydrogen-bond acceptors (Lipinski definition) is 1. The van der Waals surface area contributed by atoms with E-state index in [4.69, 9.17) is 0 Å². The summed E-state index contributed by atoms with van der Waals surface area (Å²) in [5, 5.41) is 0. The third kappa shape index (κ3) is 1.50. The van der Waals surface area contributed by atoms with Crippen LogP contribution in [0, 0.1) is 17.3 Å². The zero-order valence-electron chi connectivity index (χ0n) is 11.7. The van der Waals surface area contributed by atoms with E-state index in [0.29, 0.717) is 11.7 Å². The molecule has 4 rings (SSSR count). The Bertz CT molecular complexity index is 532. The second-order valence-corrected chi connectivity index (χ2v) is 7.03. The zero-order chi connectivity index (χ0) is 13.0. The quantitative estimate of drug-likeness (QED) is 0.681. The number of hydrogen-bond donors (Lipinski definition) is 0. The highest BCUT2D eigenvalue weighted by Crippen LogP contribution is 2.59. The Labute approximate surface area is 115 Å². The molecule has 19 heavy (non-hydrogen) atoms. The number of benzene rings is 1. The van der Waals surface area contributed by atoms with Crippen molar-refractivity contribution in [2.24, 2.45) is 17.3 Å². The minimum atomic E-state index is 0.0213. The van der Waals surface area contributed by atoms with E-state index < -0.39 is 0 Å². The lowest BCUT2D eigenvalue weighted by molar-refractivity contribution is -0.129. The first-order valence-electron chi connectivity index (χ1n) is 7.81. The Kier molecular flexibility index (Phi) is 2.43. The summed E-state index contributed by atoms with van der Waals surface area (Å²) in [7, 11) is 0. The summed E-state index contributed by atoms with van der Waals surface area (Å²) in [4.78, 5) is 12.3. The van der Waals surface area contributed by atoms with Crippen LogP contribution < -0.4 is 0 Å². The molecule has 0 spiro atoms. The summed E-state index contributed by atoms with van der Waals surface area (Å²) >= 11 is 0. The first kappa shape index (κ1) is 11.7. The lowest BCUT2D eigenvalue weighted by Gasteiger charge is -2.48. The van der Waals surface area contributed by atoms with Gasteiger partial charge in [-0.05, 0) is 61.0 Å². The molecule has 0 radical (unpaired) electrons. The van der Waals surface area contributed by atoms with Crippen molar-refractivity contribution in [2.45, 2.75) is 51.4 Å². The van der Waals surface area contributed by atoms with Crippen molar-refractivity contribution in [1.29, 1.82) is 0 Å². The van der Waals surface area contributed by atoms with Gasteiger partial charge in [0.05, 0.1) is 0 Å². The van der Waals surface area contributed by atoms with Crippen LogP contribution in [0.2, 0.25) is 0 Å². The highest BCUT2D eigenvalue weighted by atomic mass is 16.1. The van der Waals surface area contributed by atoms with Gasteiger partial charge in [-0.1, -0.05) is 31.2 Å². The van der Waals surface area contributed by atoms with E-state index in [2.05, 4.69) is 31.2 Å². The van der Waals surface area contributed by atoms with E-state index in [1.807, 2.05) is 0 Å². The second kappa shape index (κ2) is 3.94. The third-order valence-corrected chi connectivity index (χ3v) is 6.35. The van der Waals surface area contributed by atoms with Crippen molar-refractivity contribution in [3.63, 3.8) is 0 Å². The Hall–Kier alpha value is -1.11. The maximum Gasteiger partial charge on any atom is 0.139 e. The van der Waals surface area contributed by atoms with Crippen molar-refractivity contribution >= 4 is 5.78 Å². The van der Waals surface area contributed by atoms with Crippen LogP contribution in [0.5, 0.6) is 0 Å². The van der Waals surface area contributed by atoms with E-state index in [1.54, 1.807) is 11.1 Å². The third-order valence-electron chi connectivity index (χ3n) is 6.35. The molecule has 3 aliphatic rings. The molecule has 2 fully saturated rings. The van der Waals surface area contributed by atoms with Gasteiger partial charge in [0.15, 0.2) is 0 Å². The van der Waals surface area contributed by atoms with E-state index in [0.717, 1.165) is 31.1 Å². The van der Waals surface area contributed by atoms with Gasteiger partial charge in [-0.2, -0.15) is 0 Å². The van der Waals surface area contributed by atoms with Crippen molar-refractivity contribution in [2.75, 3.05) is 0 Å². The summed E-state index contributed by atoms with van der Waals surface area (Å²) < 4.78 is 0. The average Bonchev–Trinajstić information content (AvgIpc) is 2.75. The maximum atomic E-state index is 12.3. The number of aryl methyl sites for hydroxylation is 1. The molecular weight excluding hydrogens is 232 g/mol. The van der Waals surface area contributed by atoms with Crippen LogP contribution in [0.4, 0.5) is 0 Å². The van der Waals surface area contributed by atoms with Gasteiger partial charge in [0, 0.05) is 11.8 Å². The standard InChI is InChI=1S/C18H22O/c1-18-11-10-14-13-5-3-2-4-12(13)6-7-15(14)16(18)8-9-17(18)19/h2-5,14-16H,6-11H2,1H3/t14-,15+,16+,18-/m1/s1. The van der Waals surface area contributed by atoms with Gasteiger partial charge in [-0.25, -0.2) is 0 Å². The number of carbonyl (C=O) groups excluding carboxylic acids is 1. The first-order valence-corrected chi connectivity index (χ1v) is 7.81. The van der Waals surface area contributed by atoms with Gasteiger partial charge >= 0.3 is 0 Å². The second-order valence-electron chi connectivity index (χ2n) is 7.03. The van der Waals surface area contributed by atoms with Gasteiger partial charge in [0.1, 0.15) is 5.78 Å². The molecule has 0 unspecified atom stereocenters. The van der Waals surface area contributed by atoms with E-state index in [1.165, 1.54) is 19.3 Å². The maximum absolute atomic E-state index is 12.3. The fourth-order valence-electron chi connectivity index (χ4n) is 5.29. The van der Waals surface area contributed by atoms with Gasteiger partial charge in [0.25, 0.3) is 0 Å². The molecule has 1 aromatic rings. The molecule has 0 N–H and O–H groups in total.